The van der Waals surface area contributed by atoms with E-state index in [1.54, 1.807) is 10.8 Å². The molecular formula is C27H20F5N5O3. The van der Waals surface area contributed by atoms with Crippen molar-refractivity contribution in [1.82, 2.24) is 24.5 Å². The summed E-state index contributed by atoms with van der Waals surface area (Å²) in [5.41, 5.74) is -1.86. The molecule has 4 heterocycles. The Hall–Kier alpha value is -4.65. The lowest BCUT2D eigenvalue weighted by atomic mass is 10.0. The van der Waals surface area contributed by atoms with Gasteiger partial charge in [0.2, 0.25) is 5.88 Å². The zero-order valence-electron chi connectivity index (χ0n) is 21.2. The summed E-state index contributed by atoms with van der Waals surface area (Å²) in [5.74, 6) is -2.45. The Morgan fingerprint density at radius 1 is 1.02 bits per heavy atom. The minimum Gasteiger partial charge on any atom is -0.438 e. The third kappa shape index (κ3) is 4.68. The highest BCUT2D eigenvalue weighted by molar-refractivity contribution is 5.92. The number of nitrogens with one attached hydrogen (secondary N) is 1. The third-order valence-corrected chi connectivity index (χ3v) is 6.31. The lowest BCUT2D eigenvalue weighted by molar-refractivity contribution is -0.138. The second-order valence-corrected chi connectivity index (χ2v) is 8.83. The molecule has 4 aromatic heterocycles. The van der Waals surface area contributed by atoms with Crippen LogP contribution in [0.4, 0.5) is 22.0 Å². The van der Waals surface area contributed by atoms with Crippen molar-refractivity contribution in [2.45, 2.75) is 26.8 Å². The van der Waals surface area contributed by atoms with Gasteiger partial charge < -0.3 is 19.0 Å². The number of nitrogens with zero attached hydrogens (tertiary/aromatic N) is 4. The lowest BCUT2D eigenvalue weighted by Crippen LogP contribution is -2.12. The zero-order valence-corrected chi connectivity index (χ0v) is 21.2. The van der Waals surface area contributed by atoms with Crippen molar-refractivity contribution in [1.29, 1.82) is 0 Å². The summed E-state index contributed by atoms with van der Waals surface area (Å²) in [7, 11) is 1.49. The number of aromatic amines is 1. The van der Waals surface area contributed by atoms with Gasteiger partial charge in [0.15, 0.2) is 22.9 Å². The number of imidazole rings is 1. The van der Waals surface area contributed by atoms with Crippen LogP contribution in [0.3, 0.4) is 0 Å². The standard InChI is InChI=1S/C27H20F5N5O3/c1-13-15(27(30,31)32)11-35-26(40-20-5-4-16(28)23(29)14(20)2)21(13)18-10-19(38)22-17(36-18)6-7-33-24(22)25-34-8-9-37(25)12-39-3/h4-11H,12H2,1-3H3,(H,36,38). The molecule has 5 aromatic rings. The van der Waals surface area contributed by atoms with Gasteiger partial charge in [0.1, 0.15) is 18.2 Å². The molecule has 0 aliphatic rings. The molecule has 0 amide bonds. The molecular weight excluding hydrogens is 537 g/mol. The Balaban J connectivity index is 1.73. The van der Waals surface area contributed by atoms with Crippen LogP contribution < -0.4 is 10.2 Å². The Labute approximate surface area is 223 Å². The van der Waals surface area contributed by atoms with Crippen LogP contribution in [0.2, 0.25) is 0 Å². The second-order valence-electron chi connectivity index (χ2n) is 8.83. The molecule has 5 rings (SSSR count). The van der Waals surface area contributed by atoms with Gasteiger partial charge in [-0.05, 0) is 37.6 Å². The number of hydrogen-bond donors (Lipinski definition) is 1. The number of alkyl halides is 3. The average Bonchev–Trinajstić information content (AvgIpc) is 3.36. The van der Waals surface area contributed by atoms with Crippen LogP contribution in [0.5, 0.6) is 11.6 Å². The largest absolute Gasteiger partial charge is 0.438 e. The fraction of sp³-hybridized carbons (Fsp3) is 0.185. The number of hydrogen-bond acceptors (Lipinski definition) is 6. The van der Waals surface area contributed by atoms with Crippen molar-refractivity contribution >= 4 is 10.9 Å². The van der Waals surface area contributed by atoms with Gasteiger partial charge >= 0.3 is 6.18 Å². The number of fused-ring (bicyclic) bond motifs is 1. The monoisotopic (exact) mass is 557 g/mol. The molecule has 0 spiro atoms. The average molecular weight is 557 g/mol. The maximum Gasteiger partial charge on any atom is 0.418 e. The first-order valence-electron chi connectivity index (χ1n) is 11.7. The fourth-order valence-electron chi connectivity index (χ4n) is 4.38. The van der Waals surface area contributed by atoms with Crippen LogP contribution in [0.15, 0.2) is 53.8 Å². The molecule has 1 N–H and O–H groups in total. The van der Waals surface area contributed by atoms with Gasteiger partial charge in [-0.15, -0.1) is 0 Å². The second kappa shape index (κ2) is 10.2. The predicted molar refractivity (Wildman–Crippen MR) is 135 cm³/mol. The van der Waals surface area contributed by atoms with Gasteiger partial charge in [0.05, 0.1) is 27.7 Å². The molecule has 0 saturated heterocycles. The van der Waals surface area contributed by atoms with Crippen molar-refractivity contribution in [3.63, 3.8) is 0 Å². The first-order chi connectivity index (χ1) is 19.0. The van der Waals surface area contributed by atoms with Crippen LogP contribution in [-0.4, -0.2) is 31.6 Å². The molecule has 0 aliphatic carbocycles. The van der Waals surface area contributed by atoms with Crippen LogP contribution in [-0.2, 0) is 17.6 Å². The third-order valence-electron chi connectivity index (χ3n) is 6.31. The number of aromatic nitrogens is 5. The fourth-order valence-corrected chi connectivity index (χ4v) is 4.38. The number of ether oxygens (including phenoxy) is 2. The minimum absolute atomic E-state index is 0.0405. The molecule has 1 aromatic carbocycles. The van der Waals surface area contributed by atoms with Crippen LogP contribution in [0.1, 0.15) is 16.7 Å². The van der Waals surface area contributed by atoms with E-state index in [1.165, 1.54) is 39.4 Å². The topological polar surface area (TPSA) is 94.9 Å². The normalized spacial score (nSPS) is 11.8. The van der Waals surface area contributed by atoms with Gasteiger partial charge in [0, 0.05) is 43.5 Å². The first kappa shape index (κ1) is 26.9. The maximum absolute atomic E-state index is 14.2. The van der Waals surface area contributed by atoms with Crippen LogP contribution in [0, 0.1) is 25.5 Å². The molecule has 206 valence electrons. The van der Waals surface area contributed by atoms with Gasteiger partial charge in [-0.3, -0.25) is 9.78 Å². The van der Waals surface area contributed by atoms with E-state index in [4.69, 9.17) is 9.47 Å². The van der Waals surface area contributed by atoms with Gasteiger partial charge in [-0.25, -0.2) is 18.7 Å². The smallest absolute Gasteiger partial charge is 0.418 e. The highest BCUT2D eigenvalue weighted by atomic mass is 19.4. The van der Waals surface area contributed by atoms with E-state index in [1.807, 2.05) is 0 Å². The number of halogens is 5. The number of pyridine rings is 3. The van der Waals surface area contributed by atoms with Crippen LogP contribution >= 0.6 is 0 Å². The van der Waals surface area contributed by atoms with Crippen molar-refractivity contribution in [3.05, 3.63) is 87.6 Å². The van der Waals surface area contributed by atoms with E-state index in [0.29, 0.717) is 12.0 Å². The molecule has 0 aliphatic heterocycles. The van der Waals surface area contributed by atoms with E-state index in [0.717, 1.165) is 18.2 Å². The highest BCUT2D eigenvalue weighted by Crippen LogP contribution is 2.41. The van der Waals surface area contributed by atoms with Crippen molar-refractivity contribution in [3.8, 4) is 34.4 Å². The Kier molecular flexibility index (Phi) is 6.84. The number of rotatable bonds is 6. The van der Waals surface area contributed by atoms with E-state index in [-0.39, 0.29) is 57.3 Å². The number of benzene rings is 1. The van der Waals surface area contributed by atoms with E-state index >= 15 is 0 Å². The molecule has 13 heteroatoms. The number of methoxy groups -OCH3 is 1. The van der Waals surface area contributed by atoms with Gasteiger partial charge in [-0.2, -0.15) is 13.2 Å². The Morgan fingerprint density at radius 2 is 1.80 bits per heavy atom. The first-order valence-corrected chi connectivity index (χ1v) is 11.7. The summed E-state index contributed by atoms with van der Waals surface area (Å²) < 4.78 is 81.8. The van der Waals surface area contributed by atoms with E-state index < -0.39 is 28.8 Å². The predicted octanol–water partition coefficient (Wildman–Crippen LogP) is 6.16. The Morgan fingerprint density at radius 3 is 2.52 bits per heavy atom. The molecule has 0 atom stereocenters. The Bertz CT molecular complexity index is 1810. The summed E-state index contributed by atoms with van der Waals surface area (Å²) in [4.78, 5) is 28.9. The van der Waals surface area contributed by atoms with E-state index in [2.05, 4.69) is 19.9 Å². The molecule has 0 fully saturated rings. The zero-order chi connectivity index (χ0) is 28.8. The number of H-pyrrole nitrogens is 1. The molecule has 0 bridgehead atoms. The van der Waals surface area contributed by atoms with Crippen molar-refractivity contribution < 1.29 is 31.4 Å². The summed E-state index contributed by atoms with van der Waals surface area (Å²) >= 11 is 0. The quantitative estimate of drug-likeness (QED) is 0.252. The highest BCUT2D eigenvalue weighted by Gasteiger charge is 2.35. The minimum atomic E-state index is -4.77. The maximum atomic E-state index is 14.2. The molecule has 40 heavy (non-hydrogen) atoms. The van der Waals surface area contributed by atoms with Gasteiger partial charge in [-0.1, -0.05) is 0 Å². The summed E-state index contributed by atoms with van der Waals surface area (Å²) in [6.07, 6.45) is 0.389. The molecule has 8 nitrogen and oxygen atoms in total. The molecule has 0 radical (unpaired) electrons. The summed E-state index contributed by atoms with van der Waals surface area (Å²) in [5, 5.41) is 0.145. The summed E-state index contributed by atoms with van der Waals surface area (Å²) in [6, 6.07) is 4.56. The summed E-state index contributed by atoms with van der Waals surface area (Å²) in [6.45, 7) is 2.60. The molecule has 0 unspecified atom stereocenters. The van der Waals surface area contributed by atoms with Crippen molar-refractivity contribution in [2.75, 3.05) is 7.11 Å². The van der Waals surface area contributed by atoms with Gasteiger partial charge in [0.25, 0.3) is 0 Å². The van der Waals surface area contributed by atoms with Crippen LogP contribution in [0.25, 0.3) is 33.7 Å². The molecule has 0 saturated carbocycles. The van der Waals surface area contributed by atoms with Crippen molar-refractivity contribution in [2.24, 2.45) is 0 Å². The lowest BCUT2D eigenvalue weighted by Gasteiger charge is -2.18. The SMILES string of the molecule is COCn1ccnc1-c1nccc2[nH]c(-c3c(Oc4ccc(F)c(F)c4C)ncc(C(F)(F)F)c3C)cc(=O)c12. The van der Waals surface area contributed by atoms with E-state index in [9.17, 15) is 26.7 Å².